The van der Waals surface area contributed by atoms with Crippen molar-refractivity contribution in [3.05, 3.63) is 88.0 Å². The topological polar surface area (TPSA) is 144 Å². The van der Waals surface area contributed by atoms with Crippen LogP contribution in [0.3, 0.4) is 0 Å². The van der Waals surface area contributed by atoms with Crippen molar-refractivity contribution >= 4 is 33.0 Å². The van der Waals surface area contributed by atoms with E-state index in [2.05, 4.69) is 51.1 Å². The Balaban J connectivity index is 1.53. The number of nitrogens with one attached hydrogen (secondary N) is 3. The Kier molecular flexibility index (Phi) is 9.88. The van der Waals surface area contributed by atoms with Gasteiger partial charge in [0.2, 0.25) is 11.8 Å². The third-order valence-electron chi connectivity index (χ3n) is 8.03. The Labute approximate surface area is 269 Å². The molecule has 5 aromatic rings. The minimum absolute atomic E-state index is 0.0720. The molecule has 12 heteroatoms. The number of carbonyl (C=O) groups is 1. The number of hydrogen-bond donors (Lipinski definition) is 3. The molecular formula is C34H41N7O4S. The number of sulfonamides is 1. The zero-order valence-corrected chi connectivity index (χ0v) is 28.0. The van der Waals surface area contributed by atoms with Gasteiger partial charge in [0.25, 0.3) is 10.0 Å². The molecule has 2 aromatic carbocycles. The molecule has 3 aromatic heterocycles. The second-order valence-electron chi connectivity index (χ2n) is 11.5. The van der Waals surface area contributed by atoms with Crippen LogP contribution in [0.15, 0.2) is 57.9 Å². The number of hydrogen-bond acceptors (Lipinski definition) is 8. The highest BCUT2D eigenvalue weighted by atomic mass is 32.2. The van der Waals surface area contributed by atoms with E-state index in [1.54, 1.807) is 26.0 Å². The second kappa shape index (κ2) is 13.8. The van der Waals surface area contributed by atoms with Gasteiger partial charge in [-0.25, -0.2) is 23.1 Å². The molecule has 0 unspecified atom stereocenters. The minimum atomic E-state index is -4.01. The molecule has 0 saturated carbocycles. The Hall–Kier alpha value is -4.55. The summed E-state index contributed by atoms with van der Waals surface area (Å²) in [6.45, 7) is 13.5. The van der Waals surface area contributed by atoms with Crippen molar-refractivity contribution in [2.24, 2.45) is 0 Å². The van der Waals surface area contributed by atoms with Gasteiger partial charge >= 0.3 is 0 Å². The van der Waals surface area contributed by atoms with Gasteiger partial charge in [0.05, 0.1) is 17.1 Å². The molecule has 3 N–H and O–H groups in total. The molecule has 0 fully saturated rings. The van der Waals surface area contributed by atoms with E-state index in [9.17, 15) is 13.2 Å². The van der Waals surface area contributed by atoms with Gasteiger partial charge in [0, 0.05) is 43.3 Å². The number of anilines is 1. The molecule has 5 rings (SSSR count). The lowest BCUT2D eigenvalue weighted by atomic mass is 9.95. The van der Waals surface area contributed by atoms with Crippen molar-refractivity contribution in [2.75, 3.05) is 24.4 Å². The smallest absolute Gasteiger partial charge is 0.264 e. The fourth-order valence-corrected chi connectivity index (χ4v) is 6.84. The van der Waals surface area contributed by atoms with Crippen LogP contribution in [0.5, 0.6) is 0 Å². The summed E-state index contributed by atoms with van der Waals surface area (Å²) in [6.07, 6.45) is 1.40. The molecule has 11 nitrogen and oxygen atoms in total. The maximum absolute atomic E-state index is 13.7. The molecular weight excluding hydrogens is 602 g/mol. The Morgan fingerprint density at radius 2 is 1.74 bits per heavy atom. The number of rotatable bonds is 13. The summed E-state index contributed by atoms with van der Waals surface area (Å²) in [5.41, 5.74) is 8.50. The number of carbonyl (C=O) groups excluding carboxylic acids is 1. The van der Waals surface area contributed by atoms with Gasteiger partial charge in [0.1, 0.15) is 11.3 Å². The number of imidazole rings is 1. The Morgan fingerprint density at radius 3 is 2.46 bits per heavy atom. The van der Waals surface area contributed by atoms with Crippen LogP contribution in [0.1, 0.15) is 53.3 Å². The van der Waals surface area contributed by atoms with E-state index in [4.69, 9.17) is 14.5 Å². The van der Waals surface area contributed by atoms with Crippen LogP contribution in [0.25, 0.3) is 22.3 Å². The molecule has 0 aliphatic heterocycles. The van der Waals surface area contributed by atoms with Crippen LogP contribution in [-0.2, 0) is 34.2 Å². The highest BCUT2D eigenvalue weighted by Gasteiger charge is 2.24. The molecule has 0 radical (unpaired) electrons. The first-order valence-electron chi connectivity index (χ1n) is 15.4. The van der Waals surface area contributed by atoms with Crippen LogP contribution in [0.2, 0.25) is 0 Å². The number of benzene rings is 2. The summed E-state index contributed by atoms with van der Waals surface area (Å²) < 4.78 is 37.5. The van der Waals surface area contributed by atoms with E-state index in [-0.39, 0.29) is 16.7 Å². The van der Waals surface area contributed by atoms with Gasteiger partial charge in [-0.05, 0) is 75.0 Å². The first kappa shape index (κ1) is 32.8. The SMILES string of the molecule is CCc1nc2c(C)cc(C)nc2n1Cc1ccc(-c2ccccc2S(=O)(=O)Nc2onc(C)c2C)c(CCNCCNC(C)=O)c1. The van der Waals surface area contributed by atoms with E-state index in [1.807, 2.05) is 31.2 Å². The maximum atomic E-state index is 13.7. The molecule has 3 heterocycles. The summed E-state index contributed by atoms with van der Waals surface area (Å²) >= 11 is 0. The first-order chi connectivity index (χ1) is 22.0. The summed E-state index contributed by atoms with van der Waals surface area (Å²) in [4.78, 5) is 21.1. The van der Waals surface area contributed by atoms with Gasteiger partial charge in [-0.1, -0.05) is 48.5 Å². The zero-order valence-electron chi connectivity index (χ0n) is 27.2. The van der Waals surface area contributed by atoms with Crippen molar-refractivity contribution in [1.29, 1.82) is 0 Å². The van der Waals surface area contributed by atoms with E-state index >= 15 is 0 Å². The molecule has 1 amide bonds. The standard InChI is InChI=1S/C34H41N7O4S/c1-7-31-38-32-21(2)18-22(3)37-33(32)41(31)20-26-12-13-28(27(19-26)14-15-35-16-17-36-25(6)42)29-10-8-9-11-30(29)46(43,44)40-34-23(4)24(5)39-45-34/h8-13,18-19,35,40H,7,14-17,20H2,1-6H3,(H,36,42). The molecule has 46 heavy (non-hydrogen) atoms. The lowest BCUT2D eigenvalue weighted by molar-refractivity contribution is -0.118. The van der Waals surface area contributed by atoms with E-state index in [0.29, 0.717) is 49.4 Å². The number of amides is 1. The van der Waals surface area contributed by atoms with Crippen LogP contribution in [0, 0.1) is 27.7 Å². The van der Waals surface area contributed by atoms with Gasteiger partial charge in [0.15, 0.2) is 5.65 Å². The molecule has 0 aliphatic rings. The van der Waals surface area contributed by atoms with Crippen molar-refractivity contribution in [2.45, 2.75) is 65.8 Å². The Morgan fingerprint density at radius 1 is 0.957 bits per heavy atom. The van der Waals surface area contributed by atoms with Crippen LogP contribution >= 0.6 is 0 Å². The fraction of sp³-hybridized carbons (Fsp3) is 0.353. The van der Waals surface area contributed by atoms with Crippen molar-refractivity contribution in [1.82, 2.24) is 30.3 Å². The Bertz CT molecular complexity index is 2000. The molecule has 0 aliphatic carbocycles. The van der Waals surface area contributed by atoms with E-state index in [1.165, 1.54) is 6.92 Å². The van der Waals surface area contributed by atoms with Gasteiger partial charge < -0.3 is 19.7 Å². The summed E-state index contributed by atoms with van der Waals surface area (Å²) in [5, 5.41) is 10.1. The highest BCUT2D eigenvalue weighted by molar-refractivity contribution is 7.92. The van der Waals surface area contributed by atoms with Crippen LogP contribution < -0.4 is 15.4 Å². The average Bonchev–Trinajstić information content (AvgIpc) is 3.53. The number of aromatic nitrogens is 4. The monoisotopic (exact) mass is 643 g/mol. The average molecular weight is 644 g/mol. The predicted molar refractivity (Wildman–Crippen MR) is 179 cm³/mol. The largest absolute Gasteiger partial charge is 0.355 e. The van der Waals surface area contributed by atoms with E-state index < -0.39 is 10.0 Å². The van der Waals surface area contributed by atoms with Crippen molar-refractivity contribution < 1.29 is 17.7 Å². The minimum Gasteiger partial charge on any atom is -0.355 e. The van der Waals surface area contributed by atoms with Crippen LogP contribution in [-0.4, -0.2) is 53.7 Å². The van der Waals surface area contributed by atoms with Gasteiger partial charge in [-0.15, -0.1) is 0 Å². The van der Waals surface area contributed by atoms with Gasteiger partial charge in [-0.3, -0.25) is 4.79 Å². The first-order valence-corrected chi connectivity index (χ1v) is 16.9. The molecule has 0 atom stereocenters. The maximum Gasteiger partial charge on any atom is 0.264 e. The van der Waals surface area contributed by atoms with E-state index in [0.717, 1.165) is 51.4 Å². The third kappa shape index (κ3) is 7.13. The van der Waals surface area contributed by atoms with Crippen molar-refractivity contribution in [3.8, 4) is 11.1 Å². The number of pyridine rings is 1. The van der Waals surface area contributed by atoms with Gasteiger partial charge in [-0.2, -0.15) is 0 Å². The number of nitrogens with zero attached hydrogens (tertiary/aromatic N) is 4. The quantitative estimate of drug-likeness (QED) is 0.152. The lowest BCUT2D eigenvalue weighted by Crippen LogP contribution is -2.31. The zero-order chi connectivity index (χ0) is 33.0. The van der Waals surface area contributed by atoms with Crippen molar-refractivity contribution in [3.63, 3.8) is 0 Å². The third-order valence-corrected chi connectivity index (χ3v) is 9.41. The summed E-state index contributed by atoms with van der Waals surface area (Å²) in [5.74, 6) is 0.990. The lowest BCUT2D eigenvalue weighted by Gasteiger charge is -2.17. The molecule has 242 valence electrons. The summed E-state index contributed by atoms with van der Waals surface area (Å²) in [6, 6.07) is 15.2. The molecule has 0 bridgehead atoms. The second-order valence-corrected chi connectivity index (χ2v) is 13.2. The van der Waals surface area contributed by atoms with Crippen LogP contribution in [0.4, 0.5) is 5.88 Å². The number of fused-ring (bicyclic) bond motifs is 1. The highest BCUT2D eigenvalue weighted by Crippen LogP contribution is 2.33. The molecule has 0 spiro atoms. The number of aryl methyl sites for hydroxylation is 4. The summed E-state index contributed by atoms with van der Waals surface area (Å²) in [7, 11) is -4.01. The predicted octanol–water partition coefficient (Wildman–Crippen LogP) is 5.00. The molecule has 0 saturated heterocycles. The fourth-order valence-electron chi connectivity index (χ4n) is 5.57. The normalized spacial score (nSPS) is 11.7.